The average molecular weight is 198 g/mol. The molecule has 1 aliphatic heterocycles. The van der Waals surface area contributed by atoms with Crippen molar-refractivity contribution >= 4 is 6.09 Å². The normalized spacial score (nSPS) is 29.9. The lowest BCUT2D eigenvalue weighted by Crippen LogP contribution is -2.54. The molecule has 14 heavy (non-hydrogen) atoms. The third kappa shape index (κ3) is 1.59. The lowest BCUT2D eigenvalue weighted by atomic mass is 9.95. The van der Waals surface area contributed by atoms with Crippen LogP contribution in [0.2, 0.25) is 0 Å². The fraction of sp³-hybridized carbons (Fsp3) is 0.900. The minimum Gasteiger partial charge on any atom is -0.453 e. The molecule has 1 unspecified atom stereocenters. The first-order chi connectivity index (χ1) is 6.67. The molecule has 1 aliphatic carbocycles. The number of rotatable bonds is 1. The molecule has 4 nitrogen and oxygen atoms in total. The topological polar surface area (TPSA) is 55.6 Å². The Bertz CT molecular complexity index is 238. The Morgan fingerprint density at radius 2 is 2.21 bits per heavy atom. The molecule has 1 atom stereocenters. The van der Waals surface area contributed by atoms with Gasteiger partial charge in [0.1, 0.15) is 0 Å². The van der Waals surface area contributed by atoms with Gasteiger partial charge in [-0.15, -0.1) is 0 Å². The largest absolute Gasteiger partial charge is 0.453 e. The Hall–Kier alpha value is -0.770. The number of nitrogens with zero attached hydrogens (tertiary/aromatic N) is 1. The van der Waals surface area contributed by atoms with Crippen LogP contribution in [0.25, 0.3) is 0 Å². The van der Waals surface area contributed by atoms with Crippen LogP contribution in [-0.4, -0.2) is 36.2 Å². The van der Waals surface area contributed by atoms with Crippen LogP contribution < -0.4 is 5.73 Å². The van der Waals surface area contributed by atoms with Crippen molar-refractivity contribution in [3.8, 4) is 0 Å². The van der Waals surface area contributed by atoms with Crippen LogP contribution in [0.15, 0.2) is 0 Å². The first-order valence-corrected chi connectivity index (χ1v) is 5.31. The van der Waals surface area contributed by atoms with E-state index >= 15 is 0 Å². The monoisotopic (exact) mass is 198 g/mol. The SMILES string of the molecule is COC(=O)N1CCCCC1C1(N)CC1. The van der Waals surface area contributed by atoms with E-state index in [2.05, 4.69) is 0 Å². The molecule has 1 saturated carbocycles. The molecule has 4 heteroatoms. The lowest BCUT2D eigenvalue weighted by molar-refractivity contribution is 0.0779. The molecule has 2 fully saturated rings. The molecular weight excluding hydrogens is 180 g/mol. The summed E-state index contributed by atoms with van der Waals surface area (Å²) in [6.45, 7) is 0.802. The van der Waals surface area contributed by atoms with Crippen LogP contribution >= 0.6 is 0 Å². The highest BCUT2D eigenvalue weighted by atomic mass is 16.5. The molecule has 1 amide bonds. The van der Waals surface area contributed by atoms with Crippen LogP contribution in [-0.2, 0) is 4.74 Å². The molecule has 2 aliphatic rings. The molecule has 0 aromatic heterocycles. The van der Waals surface area contributed by atoms with Crippen molar-refractivity contribution in [3.63, 3.8) is 0 Å². The van der Waals surface area contributed by atoms with Crippen LogP contribution in [0.3, 0.4) is 0 Å². The number of methoxy groups -OCH3 is 1. The van der Waals surface area contributed by atoms with Crippen molar-refractivity contribution in [2.75, 3.05) is 13.7 Å². The van der Waals surface area contributed by atoms with Crippen molar-refractivity contribution in [1.29, 1.82) is 0 Å². The summed E-state index contributed by atoms with van der Waals surface area (Å²) in [5.41, 5.74) is 6.05. The van der Waals surface area contributed by atoms with E-state index in [1.54, 1.807) is 0 Å². The van der Waals surface area contributed by atoms with Gasteiger partial charge in [0.15, 0.2) is 0 Å². The summed E-state index contributed by atoms with van der Waals surface area (Å²) in [5, 5.41) is 0. The molecule has 2 N–H and O–H groups in total. The molecule has 80 valence electrons. The Morgan fingerprint density at radius 3 is 2.79 bits per heavy atom. The van der Waals surface area contributed by atoms with Gasteiger partial charge in [-0.3, -0.25) is 0 Å². The zero-order valence-corrected chi connectivity index (χ0v) is 8.66. The van der Waals surface area contributed by atoms with Gasteiger partial charge in [-0.05, 0) is 32.1 Å². The van der Waals surface area contributed by atoms with Gasteiger partial charge < -0.3 is 15.4 Å². The number of nitrogens with two attached hydrogens (primary N) is 1. The zero-order valence-electron chi connectivity index (χ0n) is 8.66. The van der Waals surface area contributed by atoms with E-state index in [0.29, 0.717) is 0 Å². The zero-order chi connectivity index (χ0) is 10.2. The molecule has 0 bridgehead atoms. The molecule has 2 rings (SSSR count). The van der Waals surface area contributed by atoms with E-state index in [1.807, 2.05) is 4.90 Å². The van der Waals surface area contributed by atoms with Crippen molar-refractivity contribution in [3.05, 3.63) is 0 Å². The van der Waals surface area contributed by atoms with Gasteiger partial charge in [-0.1, -0.05) is 0 Å². The van der Waals surface area contributed by atoms with Gasteiger partial charge in [0.05, 0.1) is 13.2 Å². The summed E-state index contributed by atoms with van der Waals surface area (Å²) in [7, 11) is 1.43. The minimum absolute atomic E-state index is 0.103. The summed E-state index contributed by atoms with van der Waals surface area (Å²) in [6.07, 6.45) is 5.16. The number of hydrogen-bond acceptors (Lipinski definition) is 3. The molecule has 0 spiro atoms. The highest BCUT2D eigenvalue weighted by Crippen LogP contribution is 2.41. The number of likely N-dealkylation sites (tertiary alicyclic amines) is 1. The fourth-order valence-electron chi connectivity index (χ4n) is 2.34. The first-order valence-electron chi connectivity index (χ1n) is 5.31. The van der Waals surface area contributed by atoms with Crippen molar-refractivity contribution in [2.24, 2.45) is 5.73 Å². The Labute approximate surface area is 84.4 Å². The summed E-state index contributed by atoms with van der Waals surface area (Å²) in [6, 6.07) is 0.212. The van der Waals surface area contributed by atoms with Gasteiger partial charge in [0.25, 0.3) is 0 Å². The van der Waals surface area contributed by atoms with Gasteiger partial charge in [-0.2, -0.15) is 0 Å². The van der Waals surface area contributed by atoms with Crippen molar-refractivity contribution in [1.82, 2.24) is 4.90 Å². The minimum atomic E-state index is -0.216. The molecule has 0 aromatic carbocycles. The predicted molar refractivity (Wildman–Crippen MR) is 52.9 cm³/mol. The summed E-state index contributed by atoms with van der Waals surface area (Å²) in [5.74, 6) is 0. The molecule has 0 radical (unpaired) electrons. The molecular formula is C10H18N2O2. The smallest absolute Gasteiger partial charge is 0.409 e. The van der Waals surface area contributed by atoms with Gasteiger partial charge in [0.2, 0.25) is 0 Å². The first kappa shape index (κ1) is 9.77. The fourth-order valence-corrected chi connectivity index (χ4v) is 2.34. The molecule has 1 heterocycles. The number of hydrogen-bond donors (Lipinski definition) is 1. The second kappa shape index (κ2) is 3.42. The van der Waals surface area contributed by atoms with Crippen LogP contribution in [0.1, 0.15) is 32.1 Å². The maximum absolute atomic E-state index is 11.5. The van der Waals surface area contributed by atoms with Crippen LogP contribution in [0.5, 0.6) is 0 Å². The van der Waals surface area contributed by atoms with E-state index in [9.17, 15) is 4.79 Å². The maximum Gasteiger partial charge on any atom is 0.409 e. The Kier molecular flexibility index (Phi) is 2.39. The van der Waals surface area contributed by atoms with E-state index in [0.717, 1.165) is 32.2 Å². The van der Waals surface area contributed by atoms with Gasteiger partial charge in [-0.25, -0.2) is 4.79 Å². The number of ether oxygens (including phenoxy) is 1. The summed E-state index contributed by atoms with van der Waals surface area (Å²) < 4.78 is 4.77. The summed E-state index contributed by atoms with van der Waals surface area (Å²) >= 11 is 0. The third-order valence-corrected chi connectivity index (χ3v) is 3.40. The number of amides is 1. The van der Waals surface area contributed by atoms with E-state index < -0.39 is 0 Å². The van der Waals surface area contributed by atoms with Gasteiger partial charge >= 0.3 is 6.09 Å². The van der Waals surface area contributed by atoms with Crippen molar-refractivity contribution < 1.29 is 9.53 Å². The maximum atomic E-state index is 11.5. The van der Waals surface area contributed by atoms with Crippen LogP contribution in [0.4, 0.5) is 4.79 Å². The molecule has 1 saturated heterocycles. The quantitative estimate of drug-likeness (QED) is 0.686. The highest BCUT2D eigenvalue weighted by molar-refractivity contribution is 5.68. The van der Waals surface area contributed by atoms with Crippen LogP contribution in [0, 0.1) is 0 Å². The standard InChI is InChI=1S/C10H18N2O2/c1-14-9(13)12-7-3-2-4-8(12)10(11)5-6-10/h8H,2-7,11H2,1H3. The Morgan fingerprint density at radius 1 is 1.50 bits per heavy atom. The van der Waals surface area contributed by atoms with Crippen molar-refractivity contribution in [2.45, 2.75) is 43.7 Å². The second-order valence-corrected chi connectivity index (χ2v) is 4.41. The average Bonchev–Trinajstić information content (AvgIpc) is 2.97. The summed E-state index contributed by atoms with van der Waals surface area (Å²) in [4.78, 5) is 13.3. The van der Waals surface area contributed by atoms with Gasteiger partial charge in [0, 0.05) is 12.1 Å². The highest BCUT2D eigenvalue weighted by Gasteiger charge is 2.50. The lowest BCUT2D eigenvalue weighted by Gasteiger charge is -2.38. The third-order valence-electron chi connectivity index (χ3n) is 3.40. The van der Waals surface area contributed by atoms with E-state index in [-0.39, 0.29) is 17.7 Å². The van der Waals surface area contributed by atoms with E-state index in [4.69, 9.17) is 10.5 Å². The number of carbonyl (C=O) groups excluding carboxylic acids is 1. The predicted octanol–water partition coefficient (Wildman–Crippen LogP) is 1.10. The Balaban J connectivity index is 2.07. The van der Waals surface area contributed by atoms with E-state index in [1.165, 1.54) is 13.5 Å². The number of carbonyl (C=O) groups is 1. The molecule has 0 aromatic rings. The number of piperidine rings is 1. The second-order valence-electron chi connectivity index (χ2n) is 4.41.